The third-order valence-electron chi connectivity index (χ3n) is 5.76. The maximum atomic E-state index is 13.0. The molecule has 38 heavy (non-hydrogen) atoms. The maximum absolute atomic E-state index is 13.0. The number of hydrogen-bond donors (Lipinski definition) is 2. The minimum Gasteiger partial charge on any atom is -0.450 e. The van der Waals surface area contributed by atoms with Crippen LogP contribution in [0, 0.1) is 22.7 Å². The topological polar surface area (TPSA) is 187 Å². The molecule has 0 aliphatic carbocycles. The first-order valence-corrected chi connectivity index (χ1v) is 13.9. The van der Waals surface area contributed by atoms with Crippen molar-refractivity contribution in [1.29, 1.82) is 10.5 Å². The smallest absolute Gasteiger partial charge is 0.410 e. The van der Waals surface area contributed by atoms with E-state index in [1.807, 2.05) is 12.1 Å². The Morgan fingerprint density at radius 3 is 2.34 bits per heavy atom. The number of nitrogens with two attached hydrogens (primary N) is 1. The van der Waals surface area contributed by atoms with Crippen LogP contribution in [0.1, 0.15) is 50.9 Å². The molecule has 200 valence electrons. The van der Waals surface area contributed by atoms with Crippen LogP contribution in [0.4, 0.5) is 9.80 Å². The van der Waals surface area contributed by atoms with E-state index >= 15 is 0 Å². The van der Waals surface area contributed by atoms with Crippen molar-refractivity contribution >= 4 is 44.3 Å². The highest BCUT2D eigenvalue weighted by Crippen LogP contribution is 2.37. The zero-order valence-corrected chi connectivity index (χ0v) is 22.2. The monoisotopic (exact) mass is 558 g/mol. The zero-order valence-electron chi connectivity index (χ0n) is 20.6. The summed E-state index contributed by atoms with van der Waals surface area (Å²) in [6, 6.07) is 8.97. The van der Waals surface area contributed by atoms with Crippen LogP contribution >= 0.6 is 11.3 Å². The van der Waals surface area contributed by atoms with E-state index in [1.165, 1.54) is 29.2 Å². The van der Waals surface area contributed by atoms with Crippen LogP contribution in [0.15, 0.2) is 29.2 Å². The molecule has 1 aromatic carbocycles. The lowest BCUT2D eigenvalue weighted by atomic mass is 10.0. The van der Waals surface area contributed by atoms with Gasteiger partial charge in [-0.2, -0.15) is 14.8 Å². The number of primary amides is 1. The van der Waals surface area contributed by atoms with Gasteiger partial charge in [0.05, 0.1) is 35.7 Å². The van der Waals surface area contributed by atoms with E-state index < -0.39 is 27.9 Å². The summed E-state index contributed by atoms with van der Waals surface area (Å²) >= 11 is 1.14. The third-order valence-corrected chi connectivity index (χ3v) is 8.80. The number of nitrogens with one attached hydrogen (secondary N) is 1. The molecule has 0 atom stereocenters. The molecule has 0 radical (unpaired) electrons. The lowest BCUT2D eigenvalue weighted by Gasteiger charge is -2.26. The lowest BCUT2D eigenvalue weighted by molar-refractivity contribution is 0.0997. The number of anilines is 1. The van der Waals surface area contributed by atoms with E-state index in [1.54, 1.807) is 6.92 Å². The Morgan fingerprint density at radius 1 is 1.16 bits per heavy atom. The molecule has 2 aromatic rings. The zero-order chi connectivity index (χ0) is 27.9. The van der Waals surface area contributed by atoms with Crippen LogP contribution in [-0.2, 0) is 27.7 Å². The molecule has 3 N–H and O–H groups in total. The summed E-state index contributed by atoms with van der Waals surface area (Å²) in [7, 11) is -3.99. The third kappa shape index (κ3) is 6.28. The van der Waals surface area contributed by atoms with E-state index in [2.05, 4.69) is 5.32 Å². The number of thiophene rings is 1. The second kappa shape index (κ2) is 12.5. The van der Waals surface area contributed by atoms with Gasteiger partial charge in [0.2, 0.25) is 10.0 Å². The summed E-state index contributed by atoms with van der Waals surface area (Å²) in [6.45, 7) is 2.38. The van der Waals surface area contributed by atoms with Gasteiger partial charge in [0.15, 0.2) is 0 Å². The number of hydrogen-bond acceptors (Lipinski definition) is 9. The molecule has 12 nitrogen and oxygen atoms in total. The van der Waals surface area contributed by atoms with Gasteiger partial charge in [0.25, 0.3) is 11.8 Å². The molecule has 0 saturated carbocycles. The number of ether oxygens (including phenoxy) is 1. The highest BCUT2D eigenvalue weighted by Gasteiger charge is 2.30. The van der Waals surface area contributed by atoms with E-state index in [-0.39, 0.29) is 60.1 Å². The van der Waals surface area contributed by atoms with Crippen LogP contribution in [-0.4, -0.2) is 61.8 Å². The van der Waals surface area contributed by atoms with Gasteiger partial charge in [-0.25, -0.2) is 13.2 Å². The molecule has 0 saturated heterocycles. The summed E-state index contributed by atoms with van der Waals surface area (Å²) in [6.07, 6.45) is -0.156. The van der Waals surface area contributed by atoms with E-state index in [0.717, 1.165) is 15.6 Å². The minimum absolute atomic E-state index is 0.0321. The Kier molecular flexibility index (Phi) is 9.41. The Labute approximate surface area is 224 Å². The van der Waals surface area contributed by atoms with Crippen molar-refractivity contribution in [1.82, 2.24) is 9.21 Å². The lowest BCUT2D eigenvalue weighted by Crippen LogP contribution is -2.36. The molecule has 0 fully saturated rings. The van der Waals surface area contributed by atoms with E-state index in [4.69, 9.17) is 21.0 Å². The Morgan fingerprint density at radius 2 is 1.79 bits per heavy atom. The van der Waals surface area contributed by atoms with Crippen molar-refractivity contribution in [2.24, 2.45) is 5.73 Å². The van der Waals surface area contributed by atoms with Gasteiger partial charge >= 0.3 is 6.09 Å². The van der Waals surface area contributed by atoms with Crippen molar-refractivity contribution < 1.29 is 27.5 Å². The molecule has 0 spiro atoms. The molecular formula is C24H26N6O6S2. The van der Waals surface area contributed by atoms with Crippen molar-refractivity contribution in [2.75, 3.05) is 31.6 Å². The van der Waals surface area contributed by atoms with Gasteiger partial charge in [-0.15, -0.1) is 11.3 Å². The SMILES string of the molecule is CCOC(=O)N1CCc2c(sc(NC(=O)c3ccc(S(=O)(=O)N(CCC#N)CCC#N)cc3)c2C(N)=O)C1. The number of carbonyl (C=O) groups excluding carboxylic acids is 3. The van der Waals surface area contributed by atoms with Crippen molar-refractivity contribution in [3.05, 3.63) is 45.8 Å². The first-order chi connectivity index (χ1) is 18.1. The Hall–Kier alpha value is -3.98. The first kappa shape index (κ1) is 28.6. The number of nitrogens with zero attached hydrogens (tertiary/aromatic N) is 4. The van der Waals surface area contributed by atoms with Gasteiger partial charge in [-0.1, -0.05) is 0 Å². The predicted octanol–water partition coefficient (Wildman–Crippen LogP) is 2.43. The molecule has 14 heteroatoms. The average molecular weight is 559 g/mol. The molecule has 1 aliphatic heterocycles. The van der Waals surface area contributed by atoms with Crippen LogP contribution in [0.2, 0.25) is 0 Å². The summed E-state index contributed by atoms with van der Waals surface area (Å²) in [5, 5.41) is 20.6. The first-order valence-electron chi connectivity index (χ1n) is 11.7. The van der Waals surface area contributed by atoms with Gasteiger partial charge in [-0.05, 0) is 43.2 Å². The van der Waals surface area contributed by atoms with Crippen LogP contribution < -0.4 is 11.1 Å². The second-order valence-electron chi connectivity index (χ2n) is 8.14. The molecule has 3 amide bonds. The van der Waals surface area contributed by atoms with Crippen LogP contribution in [0.25, 0.3) is 0 Å². The van der Waals surface area contributed by atoms with Gasteiger partial charge in [-0.3, -0.25) is 9.59 Å². The fraction of sp³-hybridized carbons (Fsp3) is 0.375. The van der Waals surface area contributed by atoms with Gasteiger partial charge in [0.1, 0.15) is 5.00 Å². The Bertz CT molecular complexity index is 1390. The van der Waals surface area contributed by atoms with Crippen LogP contribution in [0.5, 0.6) is 0 Å². The van der Waals surface area contributed by atoms with Crippen molar-refractivity contribution in [3.63, 3.8) is 0 Å². The number of sulfonamides is 1. The predicted molar refractivity (Wildman–Crippen MR) is 138 cm³/mol. The van der Waals surface area contributed by atoms with Crippen molar-refractivity contribution in [2.45, 2.75) is 37.6 Å². The number of carbonyl (C=O) groups is 3. The minimum atomic E-state index is -3.99. The van der Waals surface area contributed by atoms with Gasteiger partial charge < -0.3 is 20.7 Å². The summed E-state index contributed by atoms with van der Waals surface area (Å²) in [5.41, 5.74) is 6.61. The second-order valence-corrected chi connectivity index (χ2v) is 11.2. The molecular weight excluding hydrogens is 532 g/mol. The quantitative estimate of drug-likeness (QED) is 0.445. The molecule has 1 aromatic heterocycles. The molecule has 2 heterocycles. The fourth-order valence-electron chi connectivity index (χ4n) is 3.93. The standard InChI is InChI=1S/C24H26N6O6S2/c1-2-36-24(33)29-14-9-18-19(15-29)37-23(20(18)21(27)31)28-22(32)16-5-7-17(8-6-16)38(34,35)30(12-3-10-25)13-4-11-26/h5-8H,2-4,9,12-15H2,1H3,(H2,27,31)(H,28,32). The molecule has 1 aliphatic rings. The van der Waals surface area contributed by atoms with Crippen LogP contribution in [0.3, 0.4) is 0 Å². The average Bonchev–Trinajstić information content (AvgIpc) is 3.26. The number of fused-ring (bicyclic) bond motifs is 1. The molecule has 0 unspecified atom stereocenters. The number of benzene rings is 1. The molecule has 0 bridgehead atoms. The number of nitriles is 2. The molecule has 3 rings (SSSR count). The summed E-state index contributed by atoms with van der Waals surface area (Å²) in [5.74, 6) is -1.29. The van der Waals surface area contributed by atoms with Crippen molar-refractivity contribution in [3.8, 4) is 12.1 Å². The van der Waals surface area contributed by atoms with Gasteiger partial charge in [0, 0.05) is 42.9 Å². The fourth-order valence-corrected chi connectivity index (χ4v) is 6.63. The maximum Gasteiger partial charge on any atom is 0.410 e. The number of amides is 3. The number of rotatable bonds is 10. The summed E-state index contributed by atoms with van der Waals surface area (Å²) < 4.78 is 32.1. The summed E-state index contributed by atoms with van der Waals surface area (Å²) in [4.78, 5) is 39.4. The largest absolute Gasteiger partial charge is 0.450 e. The highest BCUT2D eigenvalue weighted by molar-refractivity contribution is 7.89. The Balaban J connectivity index is 1.81. The van der Waals surface area contributed by atoms with E-state index in [9.17, 15) is 22.8 Å². The van der Waals surface area contributed by atoms with E-state index in [0.29, 0.717) is 23.4 Å². The normalized spacial score (nSPS) is 12.8. The highest BCUT2D eigenvalue weighted by atomic mass is 32.2.